The van der Waals surface area contributed by atoms with Gasteiger partial charge in [0.15, 0.2) is 16.9 Å². The Hall–Kier alpha value is -7.91. The van der Waals surface area contributed by atoms with Gasteiger partial charge in [-0.1, -0.05) is 38.1 Å². The molecule has 4 radical (unpaired) electrons. The molecule has 0 amide bonds. The Morgan fingerprint density at radius 2 is 0.933 bits per heavy atom. The number of esters is 2. The van der Waals surface area contributed by atoms with Gasteiger partial charge in [0.1, 0.15) is 16.1 Å². The molecule has 90 heavy (non-hydrogen) atoms. The number of ether oxygens (including phenoxy) is 1. The fraction of sp³-hybridized carbons (Fsp3) is 0.245. The minimum Gasteiger partial charge on any atom is -0.399 e. The van der Waals surface area contributed by atoms with E-state index < -0.39 is 42.0 Å². The summed E-state index contributed by atoms with van der Waals surface area (Å²) in [4.78, 5) is 67.0. The molecule has 0 atom stereocenters. The van der Waals surface area contributed by atoms with E-state index in [4.69, 9.17) is 67.5 Å². The number of carbonyl (C=O) groups is 4. The minimum absolute atomic E-state index is 0. The van der Waals surface area contributed by atoms with Crippen molar-refractivity contribution in [1.29, 1.82) is 0 Å². The third kappa shape index (κ3) is 23.2. The van der Waals surface area contributed by atoms with Crippen molar-refractivity contribution in [2.75, 3.05) is 55.8 Å². The summed E-state index contributed by atoms with van der Waals surface area (Å²) < 4.78 is 84.9. The van der Waals surface area contributed by atoms with Gasteiger partial charge in [0.2, 0.25) is 58.4 Å². The van der Waals surface area contributed by atoms with E-state index in [0.717, 1.165) is 9.36 Å². The van der Waals surface area contributed by atoms with Crippen molar-refractivity contribution in [2.24, 2.45) is 0 Å². The van der Waals surface area contributed by atoms with Crippen molar-refractivity contribution >= 4 is 178 Å². The Morgan fingerprint density at radius 3 is 1.34 bits per heavy atom. The van der Waals surface area contributed by atoms with E-state index in [1.54, 1.807) is 6.20 Å². The average Bonchev–Trinajstić information content (AvgIpc) is 1.66. The largest absolute Gasteiger partial charge is 0.399 e. The zero-order valence-electron chi connectivity index (χ0n) is 46.1. The number of rotatable bonds is 16. The molecule has 32 nitrogen and oxygen atoms in total. The predicted octanol–water partition coefficient (Wildman–Crippen LogP) is 4.11. The maximum atomic E-state index is 12.3. The Morgan fingerprint density at radius 1 is 0.544 bits per heavy atom. The Kier molecular flexibility index (Phi) is 31.9. The SMILES string of the molecule is C.C.CC(=O)OC(C)=O.CC(=O)n1ncc2c(Cl)nc(Cl)nc21.CC(=O)n1ncc2c(Nc3ccc(S(=O)(=O)NCCO)cc3)nc(Nc3ccc(S(=O)(=O)NCCO)cc3)nc21.Clc1nc(Cl)c2cn[nH]c2n1.Nc1ccc(S(=O)(=O)NCCO)cc1.[B][B]. The Balaban J connectivity index is 0.000000448. The molecule has 9 aromatic rings. The Bertz CT molecular complexity index is 4210. The molecule has 0 saturated carbocycles. The van der Waals surface area contributed by atoms with Crippen molar-refractivity contribution in [1.82, 2.24) is 73.8 Å². The van der Waals surface area contributed by atoms with Crippen LogP contribution in [0.5, 0.6) is 0 Å². The summed E-state index contributed by atoms with van der Waals surface area (Å²) in [6.07, 6.45) is 4.39. The highest BCUT2D eigenvalue weighted by Gasteiger charge is 2.19. The van der Waals surface area contributed by atoms with E-state index in [9.17, 15) is 44.4 Å². The number of aromatic amines is 1. The molecule has 6 aromatic heterocycles. The van der Waals surface area contributed by atoms with Gasteiger partial charge in [0.05, 0.1) is 69.3 Å². The van der Waals surface area contributed by atoms with Gasteiger partial charge in [-0.3, -0.25) is 24.3 Å². The molecular formula is C49H58B2Cl4N18O14S3. The van der Waals surface area contributed by atoms with Crippen LogP contribution in [-0.2, 0) is 44.4 Å². The number of aliphatic hydroxyl groups excluding tert-OH is 3. The summed E-state index contributed by atoms with van der Waals surface area (Å²) in [5, 5.41) is 48.7. The van der Waals surface area contributed by atoms with Crippen molar-refractivity contribution < 1.29 is 64.5 Å². The fourth-order valence-corrected chi connectivity index (χ4v) is 10.4. The zero-order valence-corrected chi connectivity index (χ0v) is 51.6. The number of carbonyl (C=O) groups excluding carboxylic acids is 4. The van der Waals surface area contributed by atoms with Crippen molar-refractivity contribution in [3.63, 3.8) is 0 Å². The van der Waals surface area contributed by atoms with Crippen LogP contribution in [0.4, 0.5) is 28.8 Å². The minimum atomic E-state index is -3.79. The normalized spacial score (nSPS) is 10.7. The van der Waals surface area contributed by atoms with Crippen LogP contribution in [0.3, 0.4) is 0 Å². The highest BCUT2D eigenvalue weighted by atomic mass is 35.5. The van der Waals surface area contributed by atoms with Gasteiger partial charge in [0.25, 0.3) is 0 Å². The third-order valence-electron chi connectivity index (χ3n) is 10.2. The topological polar surface area (TPSA) is 468 Å². The fourth-order valence-electron chi connectivity index (χ4n) is 6.48. The maximum Gasteiger partial charge on any atom is 0.310 e. The first-order valence-corrected chi connectivity index (χ1v) is 30.4. The number of benzene rings is 3. The molecule has 9 rings (SSSR count). The van der Waals surface area contributed by atoms with Crippen LogP contribution in [0, 0.1) is 0 Å². The van der Waals surface area contributed by atoms with E-state index >= 15 is 0 Å². The van der Waals surface area contributed by atoms with E-state index in [1.165, 1.54) is 113 Å². The number of fused-ring (bicyclic) bond motifs is 3. The van der Waals surface area contributed by atoms with Crippen LogP contribution < -0.4 is 30.5 Å². The molecule has 41 heteroatoms. The van der Waals surface area contributed by atoms with Gasteiger partial charge >= 0.3 is 11.9 Å². The number of nitrogen functional groups attached to an aromatic ring is 1. The van der Waals surface area contributed by atoms with Gasteiger partial charge in [-0.25, -0.2) is 49.4 Å². The van der Waals surface area contributed by atoms with Gasteiger partial charge < -0.3 is 36.4 Å². The number of H-pyrrole nitrogens is 1. The number of halogens is 4. The first kappa shape index (κ1) is 78.2. The molecule has 0 saturated heterocycles. The first-order valence-electron chi connectivity index (χ1n) is 24.4. The molecule has 3 aromatic carbocycles. The van der Waals surface area contributed by atoms with Crippen LogP contribution in [0.2, 0.25) is 20.9 Å². The van der Waals surface area contributed by atoms with Crippen molar-refractivity contribution in [2.45, 2.75) is 57.2 Å². The smallest absolute Gasteiger partial charge is 0.310 e. The maximum absolute atomic E-state index is 12.3. The van der Waals surface area contributed by atoms with Crippen LogP contribution in [0.15, 0.2) is 106 Å². The molecule has 0 unspecified atom stereocenters. The molecule has 480 valence electrons. The number of aliphatic hydroxyl groups is 3. The molecule has 0 aliphatic heterocycles. The van der Waals surface area contributed by atoms with Crippen LogP contribution in [-0.4, -0.2) is 179 Å². The third-order valence-corrected chi connectivity index (χ3v) is 15.5. The zero-order chi connectivity index (χ0) is 65.5. The van der Waals surface area contributed by atoms with Gasteiger partial charge in [0, 0.05) is 79.9 Å². The summed E-state index contributed by atoms with van der Waals surface area (Å²) in [7, 11) is -3.08. The number of nitrogens with two attached hydrogens (primary N) is 1. The highest BCUT2D eigenvalue weighted by Crippen LogP contribution is 2.28. The van der Waals surface area contributed by atoms with E-state index in [-0.39, 0.29) is 114 Å². The second-order valence-electron chi connectivity index (χ2n) is 16.5. The number of anilines is 5. The second kappa shape index (κ2) is 36.7. The summed E-state index contributed by atoms with van der Waals surface area (Å²) in [5.41, 5.74) is 7.92. The van der Waals surface area contributed by atoms with Crippen molar-refractivity contribution in [3.8, 4) is 0 Å². The molecule has 11 N–H and O–H groups in total. The lowest BCUT2D eigenvalue weighted by Crippen LogP contribution is -2.26. The highest BCUT2D eigenvalue weighted by molar-refractivity contribution is 7.90. The molecule has 0 fully saturated rings. The number of sulfonamides is 3. The quantitative estimate of drug-likeness (QED) is 0.0162. The lowest BCUT2D eigenvalue weighted by molar-refractivity contribution is -0.156. The van der Waals surface area contributed by atoms with E-state index in [1.807, 2.05) is 0 Å². The molecule has 6 heterocycles. The second-order valence-corrected chi connectivity index (χ2v) is 23.2. The monoisotopic (exact) mass is 1380 g/mol. The first-order chi connectivity index (χ1) is 41.6. The van der Waals surface area contributed by atoms with Crippen LogP contribution >= 0.6 is 46.4 Å². The van der Waals surface area contributed by atoms with E-state index in [0.29, 0.717) is 49.7 Å². The average molecular weight is 1380 g/mol. The van der Waals surface area contributed by atoms with E-state index in [2.05, 4.69) is 95.3 Å². The summed E-state index contributed by atoms with van der Waals surface area (Å²) in [5.74, 6) is -1.44. The molecule has 0 spiro atoms. The standard InChI is InChI=1S/C23H26N8O7S2.C8H12N2O3S.C7H4Cl2N4O.C5H2Cl2N4.C4H6O3.2CH4.B2/c1-15(34)31-22-20(14-24-31)21(27-16-2-6-18(7-3-16)39(35,36)25-10-12-32)29-23(30-22)28-17-4-8-19(9-5-17)40(37,38)26-11-13-33;9-7-1-3-8(4-2-7)14(12,13)10-5-6-11;1-3(14)13-6-4(2-10-13)5(8)11-7(9)12-6;6-3-2-1-8-11-4(2)10-5(7)9-3;1-3(5)7-4(2)6;;;1-2/h2-9,14,25-26,32-33H,10-13H2,1H3,(H2,27,28,29,30);1-4,10-11H,5-6,9H2;2H,1H3;1H,(H,8,9,10,11);1-2H3;2*1H4;. The molecular weight excluding hydrogens is 1320 g/mol. The summed E-state index contributed by atoms with van der Waals surface area (Å²) in [6.45, 7) is 3.93. The van der Waals surface area contributed by atoms with Gasteiger partial charge in [-0.15, -0.1) is 0 Å². The number of hydrogen-bond acceptors (Lipinski definition) is 26. The summed E-state index contributed by atoms with van der Waals surface area (Å²) in [6, 6.07) is 17.4. The molecule has 0 aliphatic rings. The van der Waals surface area contributed by atoms with Crippen LogP contribution in [0.25, 0.3) is 33.1 Å². The van der Waals surface area contributed by atoms with Gasteiger partial charge in [-0.2, -0.15) is 44.6 Å². The predicted molar refractivity (Wildman–Crippen MR) is 340 cm³/mol. The molecule has 0 aliphatic carbocycles. The van der Waals surface area contributed by atoms with Crippen LogP contribution in [0.1, 0.15) is 52.1 Å². The lowest BCUT2D eigenvalue weighted by atomic mass is 9.81. The van der Waals surface area contributed by atoms with Gasteiger partial charge in [-0.05, 0) is 96.0 Å². The number of nitrogens with zero attached hydrogens (tertiary/aromatic N) is 11. The van der Waals surface area contributed by atoms with Crippen molar-refractivity contribution in [3.05, 3.63) is 112 Å². The number of nitrogens with one attached hydrogen (secondary N) is 6. The molecule has 0 bridgehead atoms. The summed E-state index contributed by atoms with van der Waals surface area (Å²) >= 11 is 22.6. The Labute approximate surface area is 538 Å². The number of aromatic nitrogens is 12. The number of hydrogen-bond donors (Lipinski definition) is 10. The lowest BCUT2D eigenvalue weighted by Gasteiger charge is -2.12.